The highest BCUT2D eigenvalue weighted by Crippen LogP contribution is 2.24. The van der Waals surface area contributed by atoms with E-state index in [1.54, 1.807) is 27.3 Å². The molecule has 3 aromatic rings. The van der Waals surface area contributed by atoms with Crippen LogP contribution in [0.5, 0.6) is 0 Å². The molecule has 0 aliphatic carbocycles. The third-order valence-electron chi connectivity index (χ3n) is 5.14. The summed E-state index contributed by atoms with van der Waals surface area (Å²) in [4.78, 5) is 22.8. The number of hydrogen-bond acceptors (Lipinski definition) is 3. The second-order valence-electron chi connectivity index (χ2n) is 6.90. The molecule has 1 saturated heterocycles. The molecule has 3 heterocycles. The Balaban J connectivity index is 1.67. The van der Waals surface area contributed by atoms with Crippen LogP contribution in [0.1, 0.15) is 19.3 Å². The van der Waals surface area contributed by atoms with Crippen molar-refractivity contribution in [2.24, 2.45) is 0 Å². The van der Waals surface area contributed by atoms with E-state index >= 15 is 0 Å². The van der Waals surface area contributed by atoms with Crippen molar-refractivity contribution < 1.29 is 4.90 Å². The summed E-state index contributed by atoms with van der Waals surface area (Å²) in [6.07, 6.45) is 5.80. The van der Waals surface area contributed by atoms with E-state index in [1.165, 1.54) is 32.4 Å². The quantitative estimate of drug-likeness (QED) is 0.398. The Bertz CT molecular complexity index is 985. The Morgan fingerprint density at radius 2 is 2.08 bits per heavy atom. The molecule has 2 aromatic heterocycles. The molecule has 0 amide bonds. The Kier molecular flexibility index (Phi) is 5.13. The van der Waals surface area contributed by atoms with Crippen LogP contribution in [0, 0.1) is 0 Å². The van der Waals surface area contributed by atoms with Gasteiger partial charge in [0.1, 0.15) is 11.0 Å². The Hall–Kier alpha value is -2.05. The second kappa shape index (κ2) is 7.68. The number of quaternary nitrogens is 1. The molecule has 0 atom stereocenters. The van der Waals surface area contributed by atoms with Crippen LogP contribution in [0.15, 0.2) is 46.9 Å². The standard InChI is InChI=1S/C20H24N4OS/c1-2-10-24-19(25)18-17(15-8-4-5-9-16(15)21-18)22-20(24)26-14-13-23-11-6-3-7-12-23/h2,4-5,8-9,21H,1,3,6-7,10-14H2/p+1. The van der Waals surface area contributed by atoms with Gasteiger partial charge in [-0.15, -0.1) is 6.58 Å². The van der Waals surface area contributed by atoms with E-state index in [-0.39, 0.29) is 5.56 Å². The Morgan fingerprint density at radius 1 is 1.27 bits per heavy atom. The lowest BCUT2D eigenvalue weighted by Crippen LogP contribution is -3.13. The van der Waals surface area contributed by atoms with E-state index in [4.69, 9.17) is 4.98 Å². The number of likely N-dealkylation sites (tertiary alicyclic amines) is 1. The lowest BCUT2D eigenvalue weighted by atomic mass is 10.1. The number of aromatic nitrogens is 3. The average Bonchev–Trinajstić information content (AvgIpc) is 3.05. The number of fused-ring (bicyclic) bond motifs is 3. The van der Waals surface area contributed by atoms with Crippen LogP contribution in [0.4, 0.5) is 0 Å². The third-order valence-corrected chi connectivity index (χ3v) is 6.11. The number of para-hydroxylation sites is 1. The van der Waals surface area contributed by atoms with E-state index in [0.717, 1.165) is 33.9 Å². The van der Waals surface area contributed by atoms with E-state index in [0.29, 0.717) is 12.1 Å². The minimum atomic E-state index is -0.0149. The first-order valence-electron chi connectivity index (χ1n) is 9.36. The smallest absolute Gasteiger partial charge is 0.278 e. The van der Waals surface area contributed by atoms with Crippen LogP contribution in [-0.2, 0) is 6.54 Å². The van der Waals surface area contributed by atoms with Gasteiger partial charge in [0.15, 0.2) is 5.16 Å². The number of piperidine rings is 1. The first-order valence-corrected chi connectivity index (χ1v) is 10.3. The summed E-state index contributed by atoms with van der Waals surface area (Å²) in [5.74, 6) is 0.979. The molecule has 0 unspecified atom stereocenters. The molecule has 1 fully saturated rings. The van der Waals surface area contributed by atoms with Gasteiger partial charge >= 0.3 is 0 Å². The molecule has 6 heteroatoms. The first-order chi connectivity index (χ1) is 12.8. The molecule has 5 nitrogen and oxygen atoms in total. The summed E-state index contributed by atoms with van der Waals surface area (Å²) in [6.45, 7) is 7.96. The summed E-state index contributed by atoms with van der Waals surface area (Å²) in [5.41, 5.74) is 2.30. The van der Waals surface area contributed by atoms with Crippen molar-refractivity contribution in [2.75, 3.05) is 25.4 Å². The van der Waals surface area contributed by atoms with Crippen molar-refractivity contribution in [3.63, 3.8) is 0 Å². The van der Waals surface area contributed by atoms with E-state index in [1.807, 2.05) is 24.3 Å². The van der Waals surface area contributed by atoms with Gasteiger partial charge in [-0.3, -0.25) is 9.36 Å². The molecular formula is C20H25N4OS+. The predicted molar refractivity (Wildman–Crippen MR) is 108 cm³/mol. The number of allylic oxidation sites excluding steroid dienone is 1. The Morgan fingerprint density at radius 3 is 2.88 bits per heavy atom. The monoisotopic (exact) mass is 369 g/mol. The molecule has 1 aromatic carbocycles. The van der Waals surface area contributed by atoms with Gasteiger partial charge in [-0.1, -0.05) is 36.0 Å². The van der Waals surface area contributed by atoms with Crippen LogP contribution in [0.2, 0.25) is 0 Å². The van der Waals surface area contributed by atoms with Crippen LogP contribution in [0.25, 0.3) is 21.9 Å². The van der Waals surface area contributed by atoms with Crippen molar-refractivity contribution in [1.29, 1.82) is 0 Å². The maximum atomic E-state index is 13.0. The number of benzene rings is 1. The predicted octanol–water partition coefficient (Wildman–Crippen LogP) is 2.22. The van der Waals surface area contributed by atoms with Crippen molar-refractivity contribution in [1.82, 2.24) is 14.5 Å². The number of nitrogens with zero attached hydrogens (tertiary/aromatic N) is 2. The summed E-state index contributed by atoms with van der Waals surface area (Å²) in [7, 11) is 0. The van der Waals surface area contributed by atoms with Gasteiger partial charge in [0.25, 0.3) is 5.56 Å². The lowest BCUT2D eigenvalue weighted by molar-refractivity contribution is -0.902. The van der Waals surface area contributed by atoms with Crippen molar-refractivity contribution in [3.8, 4) is 0 Å². The SMILES string of the molecule is C=CCn1c(SCC[NH+]2CCCCC2)nc2c([nH]c3ccccc32)c1=O. The maximum Gasteiger partial charge on any atom is 0.278 e. The largest absolute Gasteiger partial charge is 0.349 e. The Labute approximate surface area is 157 Å². The number of thioether (sulfide) groups is 1. The average molecular weight is 370 g/mol. The van der Waals surface area contributed by atoms with Gasteiger partial charge in [0.2, 0.25) is 0 Å². The number of rotatable bonds is 6. The van der Waals surface area contributed by atoms with Crippen LogP contribution < -0.4 is 10.5 Å². The summed E-state index contributed by atoms with van der Waals surface area (Å²) in [6, 6.07) is 7.96. The highest BCUT2D eigenvalue weighted by molar-refractivity contribution is 7.99. The molecule has 0 saturated carbocycles. The summed E-state index contributed by atoms with van der Waals surface area (Å²) in [5, 5.41) is 1.80. The summed E-state index contributed by atoms with van der Waals surface area (Å²) >= 11 is 1.69. The minimum absolute atomic E-state index is 0.0149. The van der Waals surface area contributed by atoms with Gasteiger partial charge in [-0.25, -0.2) is 4.98 Å². The molecular weight excluding hydrogens is 344 g/mol. The molecule has 0 spiro atoms. The number of nitrogens with one attached hydrogen (secondary N) is 2. The van der Waals surface area contributed by atoms with Crippen LogP contribution in [0.3, 0.4) is 0 Å². The maximum absolute atomic E-state index is 13.0. The second-order valence-corrected chi connectivity index (χ2v) is 7.96. The van der Waals surface area contributed by atoms with Crippen molar-refractivity contribution in [3.05, 3.63) is 47.3 Å². The zero-order chi connectivity index (χ0) is 17.9. The van der Waals surface area contributed by atoms with Gasteiger partial charge in [0, 0.05) is 17.4 Å². The molecule has 2 N–H and O–H groups in total. The van der Waals surface area contributed by atoms with Crippen molar-refractivity contribution in [2.45, 2.75) is 31.0 Å². The fourth-order valence-electron chi connectivity index (χ4n) is 3.76. The molecule has 0 radical (unpaired) electrons. The molecule has 4 rings (SSSR count). The number of aromatic amines is 1. The lowest BCUT2D eigenvalue weighted by Gasteiger charge is -2.23. The highest BCUT2D eigenvalue weighted by atomic mass is 32.2. The fourth-order valence-corrected chi connectivity index (χ4v) is 4.81. The van der Waals surface area contributed by atoms with Crippen LogP contribution in [-0.4, -0.2) is 39.9 Å². The highest BCUT2D eigenvalue weighted by Gasteiger charge is 2.17. The zero-order valence-corrected chi connectivity index (χ0v) is 15.8. The van der Waals surface area contributed by atoms with E-state index in [9.17, 15) is 4.79 Å². The molecule has 1 aliphatic rings. The first kappa shape index (κ1) is 17.4. The number of H-pyrrole nitrogens is 1. The number of hydrogen-bond donors (Lipinski definition) is 2. The van der Waals surface area contributed by atoms with Gasteiger partial charge in [0.05, 0.1) is 25.4 Å². The van der Waals surface area contributed by atoms with E-state index < -0.39 is 0 Å². The normalized spacial score (nSPS) is 15.7. The van der Waals surface area contributed by atoms with Crippen molar-refractivity contribution >= 4 is 33.7 Å². The molecule has 0 bridgehead atoms. The van der Waals surface area contributed by atoms with Gasteiger partial charge in [-0.05, 0) is 25.3 Å². The van der Waals surface area contributed by atoms with Gasteiger partial charge in [-0.2, -0.15) is 0 Å². The third kappa shape index (κ3) is 3.31. The topological polar surface area (TPSA) is 55.1 Å². The molecule has 136 valence electrons. The minimum Gasteiger partial charge on any atom is -0.349 e. The molecule has 1 aliphatic heterocycles. The molecule has 26 heavy (non-hydrogen) atoms. The fraction of sp³-hybridized carbons (Fsp3) is 0.400. The zero-order valence-electron chi connectivity index (χ0n) is 15.0. The van der Waals surface area contributed by atoms with Gasteiger partial charge < -0.3 is 9.88 Å². The summed E-state index contributed by atoms with van der Waals surface area (Å²) < 4.78 is 1.74. The van der Waals surface area contributed by atoms with Crippen LogP contribution >= 0.6 is 11.8 Å². The van der Waals surface area contributed by atoms with E-state index in [2.05, 4.69) is 11.6 Å².